The van der Waals surface area contributed by atoms with Gasteiger partial charge < -0.3 is 23.9 Å². The van der Waals surface area contributed by atoms with Crippen LogP contribution < -0.4 is 15.0 Å². The molecule has 1 atom stereocenters. The number of para-hydroxylation sites is 1. The molecule has 0 radical (unpaired) electrons. The largest absolute Gasteiger partial charge is 0.494 e. The van der Waals surface area contributed by atoms with E-state index in [-0.39, 0.29) is 11.8 Å². The maximum absolute atomic E-state index is 15.1. The number of aryl methyl sites for hydroxylation is 1. The molecule has 47 heavy (non-hydrogen) atoms. The van der Waals surface area contributed by atoms with Gasteiger partial charge in [-0.25, -0.2) is 0 Å². The summed E-state index contributed by atoms with van der Waals surface area (Å²) in [5, 5.41) is 3.19. The number of benzene rings is 3. The normalized spacial score (nSPS) is 16.2. The van der Waals surface area contributed by atoms with Crippen LogP contribution in [-0.4, -0.2) is 28.5 Å². The summed E-state index contributed by atoms with van der Waals surface area (Å²) in [5.74, 6) is 0.358. The molecule has 2 aliphatic heterocycles. The fourth-order valence-electron chi connectivity index (χ4n) is 7.44. The summed E-state index contributed by atoms with van der Waals surface area (Å²) in [6.07, 6.45) is 3.80. The van der Waals surface area contributed by atoms with Crippen molar-refractivity contribution in [2.75, 3.05) is 16.8 Å². The maximum Gasteiger partial charge on any atom is 0.257 e. The highest BCUT2D eigenvalue weighted by atomic mass is 16.5. The number of hydrogen-bond acceptors (Lipinski definition) is 4. The van der Waals surface area contributed by atoms with Crippen LogP contribution >= 0.6 is 0 Å². The molecule has 238 valence electrons. The summed E-state index contributed by atoms with van der Waals surface area (Å²) in [4.78, 5) is 31.6. The Morgan fingerprint density at radius 2 is 1.72 bits per heavy atom. The fraction of sp³-hybridized carbons (Fsp3) is 0.250. The van der Waals surface area contributed by atoms with Gasteiger partial charge >= 0.3 is 0 Å². The molecule has 0 bridgehead atoms. The second-order valence-corrected chi connectivity index (χ2v) is 13.0. The molecule has 7 rings (SSSR count). The lowest BCUT2D eigenvalue weighted by Gasteiger charge is -2.39. The minimum Gasteiger partial charge on any atom is -0.494 e. The number of aromatic nitrogens is 1. The van der Waals surface area contributed by atoms with E-state index in [0.29, 0.717) is 30.0 Å². The van der Waals surface area contributed by atoms with Crippen molar-refractivity contribution in [2.24, 2.45) is 0 Å². The molecule has 1 unspecified atom stereocenters. The SMILES string of the molecule is CCOc1cc2c3c(c1)C(c1c(C(=O)Nc4ccccc4C)c(C)n(Cc4ccco4)c1-c1ccccc1)C(=O)N3C(C)(C)C=C2C. The molecule has 3 aromatic carbocycles. The average Bonchev–Trinajstić information content (AvgIpc) is 3.73. The van der Waals surface area contributed by atoms with Gasteiger partial charge in [-0.3, -0.25) is 9.59 Å². The minimum absolute atomic E-state index is 0.0686. The summed E-state index contributed by atoms with van der Waals surface area (Å²) in [5.41, 5.74) is 8.51. The molecule has 2 aliphatic rings. The van der Waals surface area contributed by atoms with E-state index in [4.69, 9.17) is 9.15 Å². The minimum atomic E-state index is -0.757. The third-order valence-electron chi connectivity index (χ3n) is 9.41. The standard InChI is InChI=1S/C40H39N3O4/c1-7-46-29-20-30-25(3)22-40(5,6)43-37(30)31(21-29)34(39(43)45)35-33(38(44)41-32-18-12-11-14-24(32)2)26(4)42(23-28-17-13-19-47-28)36(35)27-15-9-8-10-16-27/h8-22,34H,7,23H2,1-6H3,(H,41,44). The molecular weight excluding hydrogens is 586 g/mol. The highest BCUT2D eigenvalue weighted by molar-refractivity contribution is 6.16. The van der Waals surface area contributed by atoms with Gasteiger partial charge in [0.25, 0.3) is 5.91 Å². The van der Waals surface area contributed by atoms with Crippen LogP contribution in [0.2, 0.25) is 0 Å². The number of carbonyl (C=O) groups excluding carboxylic acids is 2. The highest BCUT2D eigenvalue weighted by Crippen LogP contribution is 2.55. The Balaban J connectivity index is 1.55. The van der Waals surface area contributed by atoms with Crippen molar-refractivity contribution in [3.8, 4) is 17.0 Å². The monoisotopic (exact) mass is 625 g/mol. The molecule has 7 nitrogen and oxygen atoms in total. The second kappa shape index (κ2) is 11.5. The van der Waals surface area contributed by atoms with Crippen LogP contribution in [0.3, 0.4) is 0 Å². The van der Waals surface area contributed by atoms with Crippen molar-refractivity contribution >= 4 is 28.8 Å². The van der Waals surface area contributed by atoms with Crippen LogP contribution in [0.1, 0.15) is 77.7 Å². The first-order chi connectivity index (χ1) is 22.6. The Hall–Kier alpha value is -5.30. The Kier molecular flexibility index (Phi) is 7.43. The predicted octanol–water partition coefficient (Wildman–Crippen LogP) is 8.74. The molecule has 4 heterocycles. The van der Waals surface area contributed by atoms with Gasteiger partial charge in [0, 0.05) is 22.5 Å². The number of nitrogens with zero attached hydrogens (tertiary/aromatic N) is 2. The second-order valence-electron chi connectivity index (χ2n) is 13.0. The molecule has 0 fully saturated rings. The van der Waals surface area contributed by atoms with E-state index in [1.165, 1.54) is 0 Å². The van der Waals surface area contributed by atoms with Gasteiger partial charge in [-0.15, -0.1) is 0 Å². The topological polar surface area (TPSA) is 76.7 Å². The Bertz CT molecular complexity index is 2050. The molecule has 2 aromatic heterocycles. The first kappa shape index (κ1) is 30.4. The number of nitrogens with one attached hydrogen (secondary N) is 1. The van der Waals surface area contributed by atoms with Crippen LogP contribution in [0.4, 0.5) is 11.4 Å². The van der Waals surface area contributed by atoms with Gasteiger partial charge in [0.05, 0.1) is 47.8 Å². The summed E-state index contributed by atoms with van der Waals surface area (Å²) in [7, 11) is 0. The zero-order valence-corrected chi connectivity index (χ0v) is 27.7. The Morgan fingerprint density at radius 3 is 2.43 bits per heavy atom. The molecular formula is C40H39N3O4. The van der Waals surface area contributed by atoms with E-state index in [2.05, 4.69) is 36.7 Å². The summed E-state index contributed by atoms with van der Waals surface area (Å²) >= 11 is 0. The van der Waals surface area contributed by atoms with Crippen molar-refractivity contribution in [2.45, 2.75) is 59.5 Å². The number of allylic oxidation sites excluding steroid dienone is 1. The number of rotatable bonds is 8. The van der Waals surface area contributed by atoms with E-state index in [9.17, 15) is 4.79 Å². The Labute approximate surface area is 275 Å². The van der Waals surface area contributed by atoms with E-state index in [1.807, 2.05) is 105 Å². The van der Waals surface area contributed by atoms with Gasteiger partial charge in [0.1, 0.15) is 11.5 Å². The van der Waals surface area contributed by atoms with Crippen LogP contribution in [0.5, 0.6) is 5.75 Å². The maximum atomic E-state index is 15.1. The molecule has 1 N–H and O–H groups in total. The van der Waals surface area contributed by atoms with Crippen molar-refractivity contribution < 1.29 is 18.7 Å². The van der Waals surface area contributed by atoms with Crippen molar-refractivity contribution in [3.05, 3.63) is 130 Å². The van der Waals surface area contributed by atoms with Gasteiger partial charge in [-0.05, 0) is 94.1 Å². The number of carbonyl (C=O) groups is 2. The van der Waals surface area contributed by atoms with E-state index < -0.39 is 11.5 Å². The zero-order chi connectivity index (χ0) is 33.0. The zero-order valence-electron chi connectivity index (χ0n) is 27.7. The number of hydrogen-bond donors (Lipinski definition) is 1. The highest BCUT2D eigenvalue weighted by Gasteiger charge is 2.50. The van der Waals surface area contributed by atoms with Crippen LogP contribution in [-0.2, 0) is 11.3 Å². The number of ether oxygens (including phenoxy) is 1. The van der Waals surface area contributed by atoms with Crippen LogP contribution in [0.15, 0.2) is 95.6 Å². The van der Waals surface area contributed by atoms with Gasteiger partial charge in [-0.1, -0.05) is 54.6 Å². The van der Waals surface area contributed by atoms with Crippen molar-refractivity contribution in [3.63, 3.8) is 0 Å². The third kappa shape index (κ3) is 4.97. The lowest BCUT2D eigenvalue weighted by molar-refractivity contribution is -0.119. The molecule has 7 heteroatoms. The van der Waals surface area contributed by atoms with Gasteiger partial charge in [0.15, 0.2) is 0 Å². The van der Waals surface area contributed by atoms with E-state index in [1.54, 1.807) is 6.26 Å². The third-order valence-corrected chi connectivity index (χ3v) is 9.41. The predicted molar refractivity (Wildman–Crippen MR) is 186 cm³/mol. The molecule has 0 spiro atoms. The van der Waals surface area contributed by atoms with Crippen LogP contribution in [0.25, 0.3) is 16.8 Å². The first-order valence-corrected chi connectivity index (χ1v) is 16.1. The van der Waals surface area contributed by atoms with Crippen molar-refractivity contribution in [1.82, 2.24) is 4.57 Å². The smallest absolute Gasteiger partial charge is 0.257 e. The number of anilines is 2. The molecule has 5 aromatic rings. The summed E-state index contributed by atoms with van der Waals surface area (Å²) in [6, 6.07) is 25.6. The van der Waals surface area contributed by atoms with Gasteiger partial charge in [-0.2, -0.15) is 0 Å². The quantitative estimate of drug-likeness (QED) is 0.187. The summed E-state index contributed by atoms with van der Waals surface area (Å²) < 4.78 is 14.0. The molecule has 2 amide bonds. The lowest BCUT2D eigenvalue weighted by atomic mass is 9.85. The molecule has 0 saturated carbocycles. The van der Waals surface area contributed by atoms with E-state index >= 15 is 4.79 Å². The summed E-state index contributed by atoms with van der Waals surface area (Å²) in [6.45, 7) is 13.0. The number of furan rings is 1. The van der Waals surface area contributed by atoms with Gasteiger partial charge in [0.2, 0.25) is 5.91 Å². The average molecular weight is 626 g/mol. The van der Waals surface area contributed by atoms with Crippen LogP contribution in [0, 0.1) is 13.8 Å². The molecule has 0 aliphatic carbocycles. The number of amides is 2. The lowest BCUT2D eigenvalue weighted by Crippen LogP contribution is -2.47. The first-order valence-electron chi connectivity index (χ1n) is 16.1. The Morgan fingerprint density at radius 1 is 0.979 bits per heavy atom. The van der Waals surface area contributed by atoms with E-state index in [0.717, 1.165) is 56.3 Å². The van der Waals surface area contributed by atoms with Crippen molar-refractivity contribution in [1.29, 1.82) is 0 Å². The molecule has 0 saturated heterocycles. The fourth-order valence-corrected chi connectivity index (χ4v) is 7.44.